The van der Waals surface area contributed by atoms with E-state index in [4.69, 9.17) is 14.7 Å². The van der Waals surface area contributed by atoms with Crippen LogP contribution < -0.4 is 0 Å². The number of likely N-dealkylation sites (tertiary alicyclic amines) is 1. The monoisotopic (exact) mass is 280 g/mol. The molecule has 1 aliphatic heterocycles. The molecule has 110 valence electrons. The van der Waals surface area contributed by atoms with Crippen molar-refractivity contribution in [2.75, 3.05) is 19.7 Å². The fourth-order valence-corrected chi connectivity index (χ4v) is 1.82. The van der Waals surface area contributed by atoms with Crippen LogP contribution in [0.15, 0.2) is 11.1 Å². The molecule has 1 saturated heterocycles. The molecular weight excluding hydrogens is 260 g/mol. The number of carbonyl (C=O) groups excluding carboxylic acids is 2. The zero-order valence-electron chi connectivity index (χ0n) is 12.4. The van der Waals surface area contributed by atoms with Gasteiger partial charge in [-0.1, -0.05) is 0 Å². The summed E-state index contributed by atoms with van der Waals surface area (Å²) in [6, 6.07) is 1.86. The topological polar surface area (TPSA) is 79.6 Å². The zero-order chi connectivity index (χ0) is 15.3. The smallest absolute Gasteiger partial charge is 0.410 e. The van der Waals surface area contributed by atoms with E-state index in [0.717, 1.165) is 0 Å². The highest BCUT2D eigenvalue weighted by Crippen LogP contribution is 2.22. The Bertz CT molecular complexity index is 469. The van der Waals surface area contributed by atoms with Crippen LogP contribution >= 0.6 is 0 Å². The SMILES string of the molecule is CCOC(=O)/C(C#N)=C1/CCN(C(=O)OC(C)(C)C)C1. The van der Waals surface area contributed by atoms with Gasteiger partial charge in [-0.2, -0.15) is 5.26 Å². The van der Waals surface area contributed by atoms with Crippen LogP contribution in [0.2, 0.25) is 0 Å². The Labute approximate surface area is 118 Å². The third kappa shape index (κ3) is 4.26. The van der Waals surface area contributed by atoms with Crippen molar-refractivity contribution < 1.29 is 19.1 Å². The van der Waals surface area contributed by atoms with Crippen LogP contribution in [-0.2, 0) is 14.3 Å². The molecule has 0 N–H and O–H groups in total. The lowest BCUT2D eigenvalue weighted by Crippen LogP contribution is -2.35. The van der Waals surface area contributed by atoms with Crippen molar-refractivity contribution >= 4 is 12.1 Å². The second-order valence-corrected chi connectivity index (χ2v) is 5.46. The molecule has 1 aliphatic rings. The van der Waals surface area contributed by atoms with E-state index in [1.807, 2.05) is 6.07 Å². The summed E-state index contributed by atoms with van der Waals surface area (Å²) in [4.78, 5) is 25.0. The maximum absolute atomic E-state index is 11.9. The van der Waals surface area contributed by atoms with Gasteiger partial charge in [0.15, 0.2) is 0 Å². The van der Waals surface area contributed by atoms with E-state index in [1.54, 1.807) is 27.7 Å². The van der Waals surface area contributed by atoms with Crippen molar-refractivity contribution in [3.05, 3.63) is 11.1 Å². The van der Waals surface area contributed by atoms with Gasteiger partial charge in [0, 0.05) is 13.1 Å². The van der Waals surface area contributed by atoms with Gasteiger partial charge in [-0.25, -0.2) is 9.59 Å². The van der Waals surface area contributed by atoms with E-state index < -0.39 is 17.7 Å². The maximum atomic E-state index is 11.9. The second kappa shape index (κ2) is 6.42. The fraction of sp³-hybridized carbons (Fsp3) is 0.643. The Morgan fingerprint density at radius 2 is 2.05 bits per heavy atom. The summed E-state index contributed by atoms with van der Waals surface area (Å²) >= 11 is 0. The van der Waals surface area contributed by atoms with Gasteiger partial charge in [0.25, 0.3) is 0 Å². The number of esters is 1. The molecule has 1 rings (SSSR count). The predicted octanol–water partition coefficient (Wildman–Crippen LogP) is 2.01. The van der Waals surface area contributed by atoms with Gasteiger partial charge < -0.3 is 14.4 Å². The Morgan fingerprint density at radius 3 is 2.55 bits per heavy atom. The number of ether oxygens (including phenoxy) is 2. The van der Waals surface area contributed by atoms with E-state index in [0.29, 0.717) is 18.5 Å². The molecule has 0 aliphatic carbocycles. The standard InChI is InChI=1S/C14H20N2O4/c1-5-19-12(17)11(8-15)10-6-7-16(9-10)13(18)20-14(2,3)4/h5-7,9H2,1-4H3/b11-10-. The van der Waals surface area contributed by atoms with Gasteiger partial charge >= 0.3 is 12.1 Å². The van der Waals surface area contributed by atoms with Crippen LogP contribution in [0.3, 0.4) is 0 Å². The minimum absolute atomic E-state index is 0.00194. The van der Waals surface area contributed by atoms with Gasteiger partial charge in [-0.05, 0) is 39.7 Å². The minimum Gasteiger partial charge on any atom is -0.462 e. The summed E-state index contributed by atoms with van der Waals surface area (Å²) in [7, 11) is 0. The molecule has 6 heteroatoms. The highest BCUT2D eigenvalue weighted by atomic mass is 16.6. The van der Waals surface area contributed by atoms with Crippen LogP contribution in [-0.4, -0.2) is 42.3 Å². The molecule has 1 heterocycles. The summed E-state index contributed by atoms with van der Waals surface area (Å²) in [6.45, 7) is 7.93. The molecule has 0 aromatic heterocycles. The molecule has 0 radical (unpaired) electrons. The Kier molecular flexibility index (Phi) is 5.14. The van der Waals surface area contributed by atoms with Crippen molar-refractivity contribution in [2.45, 2.75) is 39.7 Å². The number of hydrogen-bond donors (Lipinski definition) is 0. The quantitative estimate of drug-likeness (QED) is 0.439. The largest absolute Gasteiger partial charge is 0.462 e. The molecule has 0 unspecified atom stereocenters. The number of carbonyl (C=O) groups is 2. The summed E-state index contributed by atoms with van der Waals surface area (Å²) in [6.07, 6.45) is 0.0506. The van der Waals surface area contributed by atoms with Crippen molar-refractivity contribution in [1.82, 2.24) is 4.90 Å². The summed E-state index contributed by atoms with van der Waals surface area (Å²) < 4.78 is 10.1. The van der Waals surface area contributed by atoms with Crippen LogP contribution in [0, 0.1) is 11.3 Å². The van der Waals surface area contributed by atoms with Gasteiger partial charge in [-0.15, -0.1) is 0 Å². The molecule has 0 aromatic rings. The number of hydrogen-bond acceptors (Lipinski definition) is 5. The van der Waals surface area contributed by atoms with Crippen molar-refractivity contribution in [3.8, 4) is 6.07 Å². The molecule has 1 amide bonds. The van der Waals surface area contributed by atoms with Crippen LogP contribution in [0.4, 0.5) is 4.79 Å². The molecule has 20 heavy (non-hydrogen) atoms. The predicted molar refractivity (Wildman–Crippen MR) is 71.7 cm³/mol. The highest BCUT2D eigenvalue weighted by Gasteiger charge is 2.29. The molecule has 1 fully saturated rings. The summed E-state index contributed by atoms with van der Waals surface area (Å²) in [5.74, 6) is -0.629. The molecule has 6 nitrogen and oxygen atoms in total. The number of nitriles is 1. The number of amides is 1. The Hall–Kier alpha value is -2.03. The number of nitrogens with zero attached hydrogens (tertiary/aromatic N) is 2. The minimum atomic E-state index is -0.629. The van der Waals surface area contributed by atoms with E-state index >= 15 is 0 Å². The zero-order valence-corrected chi connectivity index (χ0v) is 12.4. The molecule has 0 spiro atoms. The van der Waals surface area contributed by atoms with E-state index in [1.165, 1.54) is 4.90 Å². The number of rotatable bonds is 2. The molecule has 0 aromatic carbocycles. The lowest BCUT2D eigenvalue weighted by molar-refractivity contribution is -0.138. The molecule has 0 atom stereocenters. The molecule has 0 saturated carbocycles. The van der Waals surface area contributed by atoms with E-state index in [-0.39, 0.29) is 18.7 Å². The summed E-state index contributed by atoms with van der Waals surface area (Å²) in [5, 5.41) is 9.05. The van der Waals surface area contributed by atoms with Gasteiger partial charge in [0.2, 0.25) is 0 Å². The van der Waals surface area contributed by atoms with Crippen molar-refractivity contribution in [1.29, 1.82) is 5.26 Å². The van der Waals surface area contributed by atoms with Crippen molar-refractivity contribution in [3.63, 3.8) is 0 Å². The summed E-state index contributed by atoms with van der Waals surface area (Å²) in [5.41, 5.74) is 0.0534. The van der Waals surface area contributed by atoms with Gasteiger partial charge in [0.05, 0.1) is 6.61 Å². The van der Waals surface area contributed by atoms with Crippen LogP contribution in [0.25, 0.3) is 0 Å². The van der Waals surface area contributed by atoms with Gasteiger partial charge in [-0.3, -0.25) is 0 Å². The average Bonchev–Trinajstić information content (AvgIpc) is 2.77. The Balaban J connectivity index is 2.77. The highest BCUT2D eigenvalue weighted by molar-refractivity contribution is 5.94. The fourth-order valence-electron chi connectivity index (χ4n) is 1.82. The second-order valence-electron chi connectivity index (χ2n) is 5.46. The first-order chi connectivity index (χ1) is 9.28. The molecule has 0 bridgehead atoms. The normalized spacial score (nSPS) is 17.4. The first kappa shape index (κ1) is 16.0. The molecular formula is C14H20N2O4. The lowest BCUT2D eigenvalue weighted by atomic mass is 10.1. The van der Waals surface area contributed by atoms with Crippen molar-refractivity contribution in [2.24, 2.45) is 0 Å². The van der Waals surface area contributed by atoms with E-state index in [2.05, 4.69) is 0 Å². The third-order valence-electron chi connectivity index (χ3n) is 2.66. The van der Waals surface area contributed by atoms with Crippen LogP contribution in [0.1, 0.15) is 34.1 Å². The maximum Gasteiger partial charge on any atom is 0.410 e. The Morgan fingerprint density at radius 1 is 1.40 bits per heavy atom. The van der Waals surface area contributed by atoms with E-state index in [9.17, 15) is 9.59 Å². The van der Waals surface area contributed by atoms with Gasteiger partial charge in [0.1, 0.15) is 17.2 Å². The first-order valence-electron chi connectivity index (χ1n) is 6.55. The third-order valence-corrected chi connectivity index (χ3v) is 2.66. The first-order valence-corrected chi connectivity index (χ1v) is 6.55. The lowest BCUT2D eigenvalue weighted by Gasteiger charge is -2.23. The average molecular weight is 280 g/mol. The van der Waals surface area contributed by atoms with Crippen LogP contribution in [0.5, 0.6) is 0 Å².